The maximum atomic E-state index is 12.7. The smallest absolute Gasteiger partial charge is 0.357 e. The van der Waals surface area contributed by atoms with Crippen LogP contribution in [0.4, 0.5) is 0 Å². The standard InChI is InChI=1S/C22H22N4O5S/c1-32-22-23-14-17(26(22)16-6-3-2-4-7-16)21(29)31-15-19(27)24-9-11-25(12-10-24)20(28)18-8-5-13-30-18/h2-8,13-14H,9-12,15H2,1H3. The van der Waals surface area contributed by atoms with Gasteiger partial charge in [0.2, 0.25) is 0 Å². The Morgan fingerprint density at radius 3 is 2.41 bits per heavy atom. The molecule has 4 rings (SSSR count). The van der Waals surface area contributed by atoms with E-state index in [0.29, 0.717) is 31.3 Å². The number of carbonyl (C=O) groups is 3. The second kappa shape index (κ2) is 9.73. The number of piperazine rings is 1. The minimum Gasteiger partial charge on any atom is -0.459 e. The van der Waals surface area contributed by atoms with E-state index in [1.165, 1.54) is 24.2 Å². The Hall–Kier alpha value is -3.53. The molecule has 2 amide bonds. The van der Waals surface area contributed by atoms with E-state index in [1.807, 2.05) is 36.6 Å². The van der Waals surface area contributed by atoms with Crippen LogP contribution >= 0.6 is 11.8 Å². The van der Waals surface area contributed by atoms with Crippen molar-refractivity contribution in [1.29, 1.82) is 0 Å². The van der Waals surface area contributed by atoms with E-state index in [1.54, 1.807) is 26.5 Å². The van der Waals surface area contributed by atoms with Crippen LogP contribution in [0.25, 0.3) is 5.69 Å². The average Bonchev–Trinajstić information content (AvgIpc) is 3.53. The normalized spacial score (nSPS) is 13.8. The van der Waals surface area contributed by atoms with Crippen molar-refractivity contribution in [2.24, 2.45) is 0 Å². The maximum absolute atomic E-state index is 12.7. The molecule has 1 aliphatic heterocycles. The number of aromatic nitrogens is 2. The van der Waals surface area contributed by atoms with Gasteiger partial charge in [0.15, 0.2) is 23.2 Å². The first-order valence-electron chi connectivity index (χ1n) is 10.0. The third-order valence-electron chi connectivity index (χ3n) is 5.11. The fourth-order valence-electron chi connectivity index (χ4n) is 3.46. The number of thioether (sulfide) groups is 1. The lowest BCUT2D eigenvalue weighted by Crippen LogP contribution is -2.51. The van der Waals surface area contributed by atoms with E-state index in [0.717, 1.165) is 5.69 Å². The summed E-state index contributed by atoms with van der Waals surface area (Å²) in [7, 11) is 0. The summed E-state index contributed by atoms with van der Waals surface area (Å²) in [6.45, 7) is 1.12. The monoisotopic (exact) mass is 454 g/mol. The molecule has 1 saturated heterocycles. The van der Waals surface area contributed by atoms with E-state index < -0.39 is 5.97 Å². The molecule has 0 spiro atoms. The van der Waals surface area contributed by atoms with Gasteiger partial charge in [-0.3, -0.25) is 14.2 Å². The van der Waals surface area contributed by atoms with Gasteiger partial charge in [-0.05, 0) is 30.5 Å². The molecule has 3 aromatic rings. The third-order valence-corrected chi connectivity index (χ3v) is 5.77. The summed E-state index contributed by atoms with van der Waals surface area (Å²) >= 11 is 1.41. The van der Waals surface area contributed by atoms with Gasteiger partial charge < -0.3 is 19.0 Å². The number of para-hydroxylation sites is 1. The highest BCUT2D eigenvalue weighted by molar-refractivity contribution is 7.98. The largest absolute Gasteiger partial charge is 0.459 e. The molecule has 1 fully saturated rings. The lowest BCUT2D eigenvalue weighted by Gasteiger charge is -2.34. The van der Waals surface area contributed by atoms with Crippen LogP contribution in [0.1, 0.15) is 21.0 Å². The van der Waals surface area contributed by atoms with Crippen LogP contribution in [0, 0.1) is 0 Å². The van der Waals surface area contributed by atoms with Crippen molar-refractivity contribution >= 4 is 29.5 Å². The number of hydrogen-bond acceptors (Lipinski definition) is 7. The van der Waals surface area contributed by atoms with E-state index >= 15 is 0 Å². The topological polar surface area (TPSA) is 97.9 Å². The molecular weight excluding hydrogens is 432 g/mol. The summed E-state index contributed by atoms with van der Waals surface area (Å²) in [6.07, 6.45) is 4.77. The van der Waals surface area contributed by atoms with Crippen LogP contribution in [-0.4, -0.2) is 76.2 Å². The van der Waals surface area contributed by atoms with Crippen LogP contribution < -0.4 is 0 Å². The third kappa shape index (κ3) is 4.54. The molecule has 0 saturated carbocycles. The Bertz CT molecular complexity index is 1090. The molecule has 0 bridgehead atoms. The van der Waals surface area contributed by atoms with Crippen LogP contribution in [0.5, 0.6) is 0 Å². The van der Waals surface area contributed by atoms with Crippen molar-refractivity contribution < 1.29 is 23.5 Å². The van der Waals surface area contributed by atoms with Gasteiger partial charge in [0, 0.05) is 31.9 Å². The van der Waals surface area contributed by atoms with Gasteiger partial charge in [-0.25, -0.2) is 9.78 Å². The summed E-state index contributed by atoms with van der Waals surface area (Å²) in [6, 6.07) is 12.6. The Balaban J connectivity index is 1.34. The molecule has 2 aromatic heterocycles. The highest BCUT2D eigenvalue weighted by Gasteiger charge is 2.27. The molecule has 0 radical (unpaired) electrons. The summed E-state index contributed by atoms with van der Waals surface area (Å²) in [4.78, 5) is 45.1. The minimum atomic E-state index is -0.623. The maximum Gasteiger partial charge on any atom is 0.357 e. The van der Waals surface area contributed by atoms with Gasteiger partial charge in [0.05, 0.1) is 12.5 Å². The van der Waals surface area contributed by atoms with Crippen LogP contribution in [-0.2, 0) is 9.53 Å². The van der Waals surface area contributed by atoms with Gasteiger partial charge in [0.25, 0.3) is 11.8 Å². The Morgan fingerprint density at radius 1 is 1.03 bits per heavy atom. The zero-order valence-electron chi connectivity index (χ0n) is 17.5. The fourth-order valence-corrected chi connectivity index (χ4v) is 4.00. The summed E-state index contributed by atoms with van der Waals surface area (Å²) in [5.74, 6) is -0.855. The number of ether oxygens (including phenoxy) is 1. The van der Waals surface area contributed by atoms with Crippen LogP contribution in [0.3, 0.4) is 0 Å². The highest BCUT2D eigenvalue weighted by atomic mass is 32.2. The van der Waals surface area contributed by atoms with Crippen LogP contribution in [0.15, 0.2) is 64.5 Å². The first-order valence-corrected chi connectivity index (χ1v) is 11.3. The second-order valence-corrected chi connectivity index (χ2v) is 7.80. The molecule has 3 heterocycles. The summed E-state index contributed by atoms with van der Waals surface area (Å²) in [5, 5.41) is 0.645. The Kier molecular flexibility index (Phi) is 6.60. The van der Waals surface area contributed by atoms with E-state index in [4.69, 9.17) is 9.15 Å². The number of furan rings is 1. The van der Waals surface area contributed by atoms with E-state index in [2.05, 4.69) is 4.98 Å². The first-order chi connectivity index (χ1) is 15.6. The zero-order valence-corrected chi connectivity index (χ0v) is 18.3. The van der Waals surface area contributed by atoms with Gasteiger partial charge in [0.1, 0.15) is 0 Å². The number of carbonyl (C=O) groups excluding carboxylic acids is 3. The lowest BCUT2D eigenvalue weighted by molar-refractivity contribution is -0.136. The Labute approximate surface area is 188 Å². The van der Waals surface area contributed by atoms with Gasteiger partial charge in [-0.15, -0.1) is 0 Å². The van der Waals surface area contributed by atoms with Crippen molar-refractivity contribution in [3.05, 3.63) is 66.4 Å². The highest BCUT2D eigenvalue weighted by Crippen LogP contribution is 2.22. The molecule has 0 aliphatic carbocycles. The van der Waals surface area contributed by atoms with E-state index in [9.17, 15) is 14.4 Å². The van der Waals surface area contributed by atoms with E-state index in [-0.39, 0.29) is 29.9 Å². The molecule has 0 atom stereocenters. The van der Waals surface area contributed by atoms with Gasteiger partial charge in [-0.2, -0.15) is 0 Å². The predicted octanol–water partition coefficient (Wildman–Crippen LogP) is 2.33. The second-order valence-electron chi connectivity index (χ2n) is 7.03. The van der Waals surface area contributed by atoms with Crippen molar-refractivity contribution in [1.82, 2.24) is 19.4 Å². The molecule has 1 aromatic carbocycles. The number of amides is 2. The average molecular weight is 455 g/mol. The first kappa shape index (κ1) is 21.7. The molecule has 9 nitrogen and oxygen atoms in total. The SMILES string of the molecule is CSc1ncc(C(=O)OCC(=O)N2CCN(C(=O)c3ccco3)CC2)n1-c1ccccc1. The molecule has 166 valence electrons. The number of hydrogen-bond donors (Lipinski definition) is 0. The number of esters is 1. The predicted molar refractivity (Wildman–Crippen MR) is 117 cm³/mol. The molecule has 0 unspecified atom stereocenters. The lowest BCUT2D eigenvalue weighted by atomic mass is 10.3. The van der Waals surface area contributed by atoms with Crippen molar-refractivity contribution in [3.8, 4) is 5.69 Å². The summed E-state index contributed by atoms with van der Waals surface area (Å²) in [5.41, 5.74) is 1.03. The fraction of sp³-hybridized carbons (Fsp3) is 0.273. The van der Waals surface area contributed by atoms with Crippen molar-refractivity contribution in [2.45, 2.75) is 5.16 Å². The minimum absolute atomic E-state index is 0.202. The quantitative estimate of drug-likeness (QED) is 0.416. The van der Waals surface area contributed by atoms with Crippen molar-refractivity contribution in [2.75, 3.05) is 39.0 Å². The zero-order chi connectivity index (χ0) is 22.5. The van der Waals surface area contributed by atoms with Gasteiger partial charge >= 0.3 is 5.97 Å². The molecular formula is C22H22N4O5S. The number of benzene rings is 1. The van der Waals surface area contributed by atoms with Crippen LogP contribution in [0.2, 0.25) is 0 Å². The number of rotatable bonds is 6. The summed E-state index contributed by atoms with van der Waals surface area (Å²) < 4.78 is 12.1. The molecule has 1 aliphatic rings. The number of nitrogens with zero attached hydrogens (tertiary/aromatic N) is 4. The molecule has 32 heavy (non-hydrogen) atoms. The van der Waals surface area contributed by atoms with Crippen molar-refractivity contribution in [3.63, 3.8) is 0 Å². The molecule has 0 N–H and O–H groups in total. The van der Waals surface area contributed by atoms with Gasteiger partial charge in [-0.1, -0.05) is 30.0 Å². The Morgan fingerprint density at radius 2 is 1.75 bits per heavy atom. The number of imidazole rings is 1. The molecule has 10 heteroatoms.